The molecule has 2 N–H and O–H groups in total. The third kappa shape index (κ3) is 4.35. The Balaban J connectivity index is 2.15. The van der Waals surface area contributed by atoms with Crippen LogP contribution in [0.1, 0.15) is 38.7 Å². The fourth-order valence-corrected chi connectivity index (χ4v) is 2.67. The summed E-state index contributed by atoms with van der Waals surface area (Å²) in [6, 6.07) is 16.7. The van der Waals surface area contributed by atoms with E-state index >= 15 is 0 Å². The van der Waals surface area contributed by atoms with E-state index in [-0.39, 0.29) is 0 Å². The van der Waals surface area contributed by atoms with E-state index in [0.717, 1.165) is 23.5 Å². The standard InChI is InChI=1S/C20H27NO/c1-3-7-16(4-2)15-22-20-9-6-5-8-19(20)18-12-10-17(14-21)11-13-18/h5-6,8-13,16H,3-4,7,14-15,21H2,1-2H3. The van der Waals surface area contributed by atoms with E-state index in [1.54, 1.807) is 0 Å². The normalized spacial score (nSPS) is 12.1. The second kappa shape index (κ2) is 8.60. The van der Waals surface area contributed by atoms with Gasteiger partial charge in [0.25, 0.3) is 0 Å². The van der Waals surface area contributed by atoms with Crippen LogP contribution in [-0.4, -0.2) is 6.61 Å². The smallest absolute Gasteiger partial charge is 0.127 e. The molecule has 0 aliphatic heterocycles. The molecule has 0 radical (unpaired) electrons. The van der Waals surface area contributed by atoms with Crippen molar-refractivity contribution in [2.45, 2.75) is 39.7 Å². The van der Waals surface area contributed by atoms with Crippen LogP contribution >= 0.6 is 0 Å². The summed E-state index contributed by atoms with van der Waals surface area (Å²) in [5.41, 5.74) is 9.15. The van der Waals surface area contributed by atoms with Crippen LogP contribution in [0, 0.1) is 5.92 Å². The van der Waals surface area contributed by atoms with Crippen molar-refractivity contribution in [2.24, 2.45) is 11.7 Å². The summed E-state index contributed by atoms with van der Waals surface area (Å²) in [6.45, 7) is 5.84. The topological polar surface area (TPSA) is 35.2 Å². The molecular weight excluding hydrogens is 270 g/mol. The second-order valence-corrected chi connectivity index (χ2v) is 5.77. The summed E-state index contributed by atoms with van der Waals surface area (Å²) in [5, 5.41) is 0. The van der Waals surface area contributed by atoms with E-state index in [0.29, 0.717) is 12.5 Å². The largest absolute Gasteiger partial charge is 0.493 e. The first-order valence-corrected chi connectivity index (χ1v) is 8.29. The zero-order chi connectivity index (χ0) is 15.8. The highest BCUT2D eigenvalue weighted by Crippen LogP contribution is 2.30. The van der Waals surface area contributed by atoms with Crippen molar-refractivity contribution in [2.75, 3.05) is 6.61 Å². The maximum atomic E-state index is 6.13. The van der Waals surface area contributed by atoms with E-state index in [9.17, 15) is 0 Å². The summed E-state index contributed by atoms with van der Waals surface area (Å²) in [6.07, 6.45) is 3.61. The Morgan fingerprint density at radius 2 is 1.73 bits per heavy atom. The molecule has 2 heteroatoms. The summed E-state index contributed by atoms with van der Waals surface area (Å²) >= 11 is 0. The highest BCUT2D eigenvalue weighted by atomic mass is 16.5. The average Bonchev–Trinajstić information content (AvgIpc) is 2.59. The van der Waals surface area contributed by atoms with Crippen molar-refractivity contribution in [1.29, 1.82) is 0 Å². The van der Waals surface area contributed by atoms with Crippen LogP contribution in [0.3, 0.4) is 0 Å². The first-order chi connectivity index (χ1) is 10.8. The number of hydrogen-bond donors (Lipinski definition) is 1. The van der Waals surface area contributed by atoms with Crippen LogP contribution in [0.5, 0.6) is 5.75 Å². The van der Waals surface area contributed by atoms with E-state index in [4.69, 9.17) is 10.5 Å². The molecule has 0 aliphatic carbocycles. The van der Waals surface area contributed by atoms with Crippen LogP contribution in [0.4, 0.5) is 0 Å². The van der Waals surface area contributed by atoms with Crippen LogP contribution in [-0.2, 0) is 6.54 Å². The molecule has 0 aliphatic rings. The lowest BCUT2D eigenvalue weighted by Gasteiger charge is -2.17. The van der Waals surface area contributed by atoms with Gasteiger partial charge in [-0.25, -0.2) is 0 Å². The van der Waals surface area contributed by atoms with Gasteiger partial charge < -0.3 is 10.5 Å². The fraction of sp³-hybridized carbons (Fsp3) is 0.400. The Bertz CT molecular complexity index is 562. The predicted molar refractivity (Wildman–Crippen MR) is 94.0 cm³/mol. The zero-order valence-electron chi connectivity index (χ0n) is 13.7. The van der Waals surface area contributed by atoms with Gasteiger partial charge in [0.15, 0.2) is 0 Å². The maximum Gasteiger partial charge on any atom is 0.127 e. The quantitative estimate of drug-likeness (QED) is 0.742. The number of rotatable bonds is 8. The predicted octanol–water partition coefficient (Wildman–Crippen LogP) is 5.02. The summed E-state index contributed by atoms with van der Waals surface area (Å²) < 4.78 is 6.13. The Labute approximate surface area is 134 Å². The monoisotopic (exact) mass is 297 g/mol. The summed E-state index contributed by atoms with van der Waals surface area (Å²) in [5.74, 6) is 1.61. The molecule has 2 rings (SSSR count). The molecule has 0 bridgehead atoms. The molecule has 0 amide bonds. The lowest BCUT2D eigenvalue weighted by atomic mass is 10.0. The molecule has 0 saturated heterocycles. The van der Waals surface area contributed by atoms with Gasteiger partial charge in [0.1, 0.15) is 5.75 Å². The molecule has 22 heavy (non-hydrogen) atoms. The molecule has 2 aromatic carbocycles. The van der Waals surface area contributed by atoms with E-state index in [1.807, 2.05) is 6.07 Å². The summed E-state index contributed by atoms with van der Waals surface area (Å²) in [4.78, 5) is 0. The van der Waals surface area contributed by atoms with Gasteiger partial charge in [-0.2, -0.15) is 0 Å². The molecule has 0 spiro atoms. The molecule has 0 aromatic heterocycles. The van der Waals surface area contributed by atoms with Crippen molar-refractivity contribution in [3.63, 3.8) is 0 Å². The Kier molecular flexibility index (Phi) is 6.47. The third-order valence-corrected chi connectivity index (χ3v) is 4.14. The summed E-state index contributed by atoms with van der Waals surface area (Å²) in [7, 11) is 0. The zero-order valence-corrected chi connectivity index (χ0v) is 13.7. The molecule has 2 nitrogen and oxygen atoms in total. The van der Waals surface area contributed by atoms with Gasteiger partial charge in [0.2, 0.25) is 0 Å². The lowest BCUT2D eigenvalue weighted by molar-refractivity contribution is 0.236. The minimum absolute atomic E-state index is 0.577. The average molecular weight is 297 g/mol. The Hall–Kier alpha value is -1.80. The highest BCUT2D eigenvalue weighted by Gasteiger charge is 2.09. The minimum atomic E-state index is 0.577. The Morgan fingerprint density at radius 3 is 2.36 bits per heavy atom. The van der Waals surface area contributed by atoms with Gasteiger partial charge in [-0.3, -0.25) is 0 Å². The molecule has 0 fully saturated rings. The van der Waals surface area contributed by atoms with Crippen molar-refractivity contribution in [1.82, 2.24) is 0 Å². The number of nitrogens with two attached hydrogens (primary N) is 1. The number of para-hydroxylation sites is 1. The van der Waals surface area contributed by atoms with Gasteiger partial charge in [0, 0.05) is 12.1 Å². The number of ether oxygens (including phenoxy) is 1. The van der Waals surface area contributed by atoms with E-state index in [1.165, 1.54) is 24.8 Å². The molecule has 2 aromatic rings. The van der Waals surface area contributed by atoms with Gasteiger partial charge in [-0.15, -0.1) is 0 Å². The number of hydrogen-bond acceptors (Lipinski definition) is 2. The SMILES string of the molecule is CCCC(CC)COc1ccccc1-c1ccc(CN)cc1. The minimum Gasteiger partial charge on any atom is -0.493 e. The highest BCUT2D eigenvalue weighted by molar-refractivity contribution is 5.70. The van der Waals surface area contributed by atoms with Gasteiger partial charge >= 0.3 is 0 Å². The van der Waals surface area contributed by atoms with Crippen molar-refractivity contribution in [3.05, 3.63) is 54.1 Å². The maximum absolute atomic E-state index is 6.13. The molecular formula is C20H27NO. The molecule has 118 valence electrons. The van der Waals surface area contributed by atoms with Crippen molar-refractivity contribution in [3.8, 4) is 16.9 Å². The van der Waals surface area contributed by atoms with Gasteiger partial charge in [-0.1, -0.05) is 69.2 Å². The Morgan fingerprint density at radius 1 is 1.00 bits per heavy atom. The van der Waals surface area contributed by atoms with Crippen molar-refractivity contribution >= 4 is 0 Å². The van der Waals surface area contributed by atoms with Gasteiger partial charge in [0.05, 0.1) is 6.61 Å². The van der Waals surface area contributed by atoms with E-state index in [2.05, 4.69) is 56.3 Å². The molecule has 1 unspecified atom stereocenters. The fourth-order valence-electron chi connectivity index (χ4n) is 2.67. The first kappa shape index (κ1) is 16.6. The van der Waals surface area contributed by atoms with Crippen LogP contribution in [0.15, 0.2) is 48.5 Å². The van der Waals surface area contributed by atoms with Crippen LogP contribution in [0.2, 0.25) is 0 Å². The molecule has 1 atom stereocenters. The van der Waals surface area contributed by atoms with E-state index < -0.39 is 0 Å². The van der Waals surface area contributed by atoms with Gasteiger partial charge in [-0.05, 0) is 29.5 Å². The lowest BCUT2D eigenvalue weighted by Crippen LogP contribution is -2.11. The van der Waals surface area contributed by atoms with Crippen molar-refractivity contribution < 1.29 is 4.74 Å². The number of benzene rings is 2. The second-order valence-electron chi connectivity index (χ2n) is 5.77. The van der Waals surface area contributed by atoms with Crippen LogP contribution in [0.25, 0.3) is 11.1 Å². The molecule has 0 saturated carbocycles. The van der Waals surface area contributed by atoms with Crippen LogP contribution < -0.4 is 10.5 Å². The first-order valence-electron chi connectivity index (χ1n) is 8.29. The third-order valence-electron chi connectivity index (χ3n) is 4.14. The molecule has 0 heterocycles.